The summed E-state index contributed by atoms with van der Waals surface area (Å²) < 4.78 is 5.75. The maximum Gasteiger partial charge on any atom is 0.278 e. The molecule has 0 radical (unpaired) electrons. The van der Waals surface area contributed by atoms with Crippen LogP contribution in [-0.2, 0) is 16.1 Å². The number of anilines is 1. The van der Waals surface area contributed by atoms with Crippen LogP contribution in [0.3, 0.4) is 0 Å². The van der Waals surface area contributed by atoms with Crippen LogP contribution >= 0.6 is 0 Å². The Labute approximate surface area is 194 Å². The molecule has 1 aromatic heterocycles. The molecule has 0 bridgehead atoms. The molecule has 0 spiro atoms. The molecule has 0 saturated heterocycles. The van der Waals surface area contributed by atoms with Crippen LogP contribution in [0.2, 0.25) is 0 Å². The summed E-state index contributed by atoms with van der Waals surface area (Å²) in [4.78, 5) is 34.6. The molecule has 2 aromatic carbocycles. The lowest BCUT2D eigenvalue weighted by Crippen LogP contribution is -2.34. The van der Waals surface area contributed by atoms with Crippen molar-refractivity contribution < 1.29 is 14.3 Å². The first-order chi connectivity index (χ1) is 16.0. The first-order valence-corrected chi connectivity index (χ1v) is 11.1. The van der Waals surface area contributed by atoms with Gasteiger partial charge in [-0.15, -0.1) is 0 Å². The summed E-state index contributed by atoms with van der Waals surface area (Å²) in [5.41, 5.74) is 3.11. The van der Waals surface area contributed by atoms with E-state index < -0.39 is 0 Å². The maximum atomic E-state index is 13.7. The van der Waals surface area contributed by atoms with Gasteiger partial charge in [0.05, 0.1) is 18.2 Å². The number of rotatable bonds is 8. The van der Waals surface area contributed by atoms with E-state index in [9.17, 15) is 9.59 Å². The third-order valence-electron chi connectivity index (χ3n) is 5.38. The fourth-order valence-corrected chi connectivity index (χ4v) is 3.94. The molecule has 0 fully saturated rings. The highest BCUT2D eigenvalue weighted by molar-refractivity contribution is 6.36. The fraction of sp³-hybridized carbons (Fsp3) is 0.222. The predicted octanol–water partition coefficient (Wildman–Crippen LogP) is 4.68. The Morgan fingerprint density at radius 2 is 1.67 bits per heavy atom. The van der Waals surface area contributed by atoms with Crippen LogP contribution in [0.15, 0.2) is 84.8 Å². The molecule has 168 valence electrons. The third kappa shape index (κ3) is 4.65. The Hall–Kier alpha value is -3.93. The van der Waals surface area contributed by atoms with Gasteiger partial charge in [-0.3, -0.25) is 19.5 Å². The van der Waals surface area contributed by atoms with Crippen LogP contribution in [0.1, 0.15) is 31.9 Å². The summed E-state index contributed by atoms with van der Waals surface area (Å²) in [5.74, 6) is 0.0909. The first kappa shape index (κ1) is 22.3. The minimum Gasteiger partial charge on any atom is -0.491 e. The quantitative estimate of drug-likeness (QED) is 0.475. The average Bonchev–Trinajstić information content (AvgIpc) is 3.06. The Morgan fingerprint density at radius 3 is 2.27 bits per heavy atom. The number of hydrogen-bond acceptors (Lipinski definition) is 5. The second kappa shape index (κ2) is 9.69. The van der Waals surface area contributed by atoms with E-state index in [1.165, 1.54) is 4.90 Å². The van der Waals surface area contributed by atoms with Crippen molar-refractivity contribution in [3.63, 3.8) is 0 Å². The zero-order valence-electron chi connectivity index (χ0n) is 19.1. The van der Waals surface area contributed by atoms with Gasteiger partial charge in [0.2, 0.25) is 0 Å². The highest BCUT2D eigenvalue weighted by Gasteiger charge is 2.41. The van der Waals surface area contributed by atoms with E-state index in [0.717, 1.165) is 17.0 Å². The molecule has 0 saturated carbocycles. The molecule has 0 unspecified atom stereocenters. The highest BCUT2D eigenvalue weighted by Crippen LogP contribution is 2.35. The number of pyridine rings is 1. The van der Waals surface area contributed by atoms with Crippen molar-refractivity contribution in [3.8, 4) is 5.75 Å². The summed E-state index contributed by atoms with van der Waals surface area (Å²) >= 11 is 0. The molecule has 4 rings (SSSR count). The lowest BCUT2D eigenvalue weighted by molar-refractivity contribution is -0.137. The molecule has 0 aliphatic carbocycles. The van der Waals surface area contributed by atoms with Crippen LogP contribution in [0, 0.1) is 0 Å². The van der Waals surface area contributed by atoms with Gasteiger partial charge in [0.15, 0.2) is 0 Å². The molecule has 2 amide bonds. The third-order valence-corrected chi connectivity index (χ3v) is 5.38. The number of amides is 2. The van der Waals surface area contributed by atoms with E-state index in [0.29, 0.717) is 23.4 Å². The van der Waals surface area contributed by atoms with Gasteiger partial charge in [-0.25, -0.2) is 0 Å². The lowest BCUT2D eigenvalue weighted by Gasteiger charge is -2.25. The monoisotopic (exact) mass is 441 g/mol. The number of ether oxygens (including phenoxy) is 1. The van der Waals surface area contributed by atoms with Crippen molar-refractivity contribution in [2.75, 3.05) is 11.4 Å². The van der Waals surface area contributed by atoms with Gasteiger partial charge >= 0.3 is 0 Å². The van der Waals surface area contributed by atoms with Crippen molar-refractivity contribution >= 4 is 23.1 Å². The van der Waals surface area contributed by atoms with Gasteiger partial charge in [0.1, 0.15) is 11.4 Å². The minimum atomic E-state index is -0.314. The Bertz CT molecular complexity index is 1160. The van der Waals surface area contributed by atoms with Gasteiger partial charge < -0.3 is 9.64 Å². The van der Waals surface area contributed by atoms with Gasteiger partial charge in [-0.05, 0) is 62.2 Å². The van der Waals surface area contributed by atoms with E-state index in [1.54, 1.807) is 18.5 Å². The number of likely N-dealkylation sites (N-methyl/N-ethyl adjacent to an activating group) is 1. The van der Waals surface area contributed by atoms with Crippen molar-refractivity contribution in [1.29, 1.82) is 0 Å². The smallest absolute Gasteiger partial charge is 0.278 e. The van der Waals surface area contributed by atoms with Crippen LogP contribution < -0.4 is 9.64 Å². The molecule has 0 atom stereocenters. The summed E-state index contributed by atoms with van der Waals surface area (Å²) in [6, 6.07) is 20.6. The molecule has 1 aliphatic heterocycles. The Kier molecular flexibility index (Phi) is 6.54. The number of hydrogen-bond donors (Lipinski definition) is 0. The Morgan fingerprint density at radius 1 is 0.939 bits per heavy atom. The van der Waals surface area contributed by atoms with Gasteiger partial charge in [0, 0.05) is 24.6 Å². The number of benzene rings is 2. The van der Waals surface area contributed by atoms with Crippen LogP contribution in [0.25, 0.3) is 5.57 Å². The van der Waals surface area contributed by atoms with Crippen LogP contribution in [0.5, 0.6) is 5.75 Å². The number of aromatic nitrogens is 1. The molecular weight excluding hydrogens is 414 g/mol. The summed E-state index contributed by atoms with van der Waals surface area (Å²) in [6.07, 6.45) is 3.38. The SMILES string of the molecule is CCN(C1=C(c2ccc(OC(C)C)cc2)C(=O)N(Cc2cccnc2)C1=O)c1ccccc1. The summed E-state index contributed by atoms with van der Waals surface area (Å²) in [7, 11) is 0. The van der Waals surface area contributed by atoms with Gasteiger partial charge in [-0.2, -0.15) is 0 Å². The number of imide groups is 1. The minimum absolute atomic E-state index is 0.0453. The Balaban J connectivity index is 1.79. The second-order valence-corrected chi connectivity index (χ2v) is 8.05. The number of nitrogens with zero attached hydrogens (tertiary/aromatic N) is 3. The predicted molar refractivity (Wildman–Crippen MR) is 128 cm³/mol. The molecule has 3 aromatic rings. The normalized spacial score (nSPS) is 13.8. The topological polar surface area (TPSA) is 62.7 Å². The van der Waals surface area contributed by atoms with E-state index in [4.69, 9.17) is 4.74 Å². The van der Waals surface area contributed by atoms with Crippen molar-refractivity contribution in [1.82, 2.24) is 9.88 Å². The van der Waals surface area contributed by atoms with Crippen molar-refractivity contribution in [3.05, 3.63) is 95.9 Å². The molecule has 6 heteroatoms. The number of carbonyl (C=O) groups is 2. The maximum absolute atomic E-state index is 13.7. The molecule has 2 heterocycles. The highest BCUT2D eigenvalue weighted by atomic mass is 16.5. The number of para-hydroxylation sites is 1. The van der Waals surface area contributed by atoms with Gasteiger partial charge in [0.25, 0.3) is 11.8 Å². The molecular formula is C27H27N3O3. The largest absolute Gasteiger partial charge is 0.491 e. The number of carbonyl (C=O) groups excluding carboxylic acids is 2. The standard InChI is InChI=1S/C27H27N3O3/c1-4-29(22-10-6-5-7-11-22)25-24(21-12-14-23(15-13-21)33-19(2)3)26(31)30(27(25)32)18-20-9-8-16-28-17-20/h5-17,19H,4,18H2,1-3H3. The zero-order chi connectivity index (χ0) is 23.4. The molecule has 1 aliphatic rings. The summed E-state index contributed by atoms with van der Waals surface area (Å²) in [5, 5.41) is 0. The molecule has 33 heavy (non-hydrogen) atoms. The molecule has 0 N–H and O–H groups in total. The first-order valence-electron chi connectivity index (χ1n) is 11.1. The van der Waals surface area contributed by atoms with E-state index in [-0.39, 0.29) is 24.5 Å². The molecule has 6 nitrogen and oxygen atoms in total. The van der Waals surface area contributed by atoms with E-state index in [2.05, 4.69) is 4.98 Å². The summed E-state index contributed by atoms with van der Waals surface area (Å²) in [6.45, 7) is 6.60. The lowest BCUT2D eigenvalue weighted by atomic mass is 10.0. The van der Waals surface area contributed by atoms with Crippen molar-refractivity contribution in [2.24, 2.45) is 0 Å². The van der Waals surface area contributed by atoms with E-state index in [1.807, 2.05) is 86.3 Å². The van der Waals surface area contributed by atoms with Gasteiger partial charge in [-0.1, -0.05) is 36.4 Å². The van der Waals surface area contributed by atoms with Crippen LogP contribution in [-0.4, -0.2) is 34.3 Å². The average molecular weight is 442 g/mol. The second-order valence-electron chi connectivity index (χ2n) is 8.05. The fourth-order valence-electron chi connectivity index (χ4n) is 3.94. The zero-order valence-corrected chi connectivity index (χ0v) is 19.1. The van der Waals surface area contributed by atoms with Crippen molar-refractivity contribution in [2.45, 2.75) is 33.4 Å². The van der Waals surface area contributed by atoms with E-state index >= 15 is 0 Å². The van der Waals surface area contributed by atoms with Crippen LogP contribution in [0.4, 0.5) is 5.69 Å².